The van der Waals surface area contributed by atoms with Crippen LogP contribution >= 0.6 is 0 Å². The summed E-state index contributed by atoms with van der Waals surface area (Å²) in [6.07, 6.45) is 6.73. The van der Waals surface area contributed by atoms with E-state index in [1.807, 2.05) is 6.07 Å². The van der Waals surface area contributed by atoms with Crippen LogP contribution in [0.5, 0.6) is 5.75 Å². The molecule has 0 bridgehead atoms. The van der Waals surface area contributed by atoms with Crippen LogP contribution in [0.2, 0.25) is 0 Å². The Morgan fingerprint density at radius 3 is 2.75 bits per heavy atom. The molecule has 1 aromatic carbocycles. The number of phenols is 1. The monoisotopic (exact) mass is 275 g/mol. The molecule has 1 aliphatic rings. The maximum absolute atomic E-state index is 11.8. The number of carbonyl (C=O) groups excluding carboxylic acids is 1. The molecule has 1 aliphatic carbocycles. The van der Waals surface area contributed by atoms with Gasteiger partial charge in [0.15, 0.2) is 0 Å². The van der Waals surface area contributed by atoms with Gasteiger partial charge in [0.05, 0.1) is 6.42 Å². The van der Waals surface area contributed by atoms with Gasteiger partial charge in [0.2, 0.25) is 5.91 Å². The van der Waals surface area contributed by atoms with E-state index in [4.69, 9.17) is 0 Å². The molecule has 3 heteroatoms. The zero-order valence-corrected chi connectivity index (χ0v) is 12.3. The smallest absolute Gasteiger partial charge is 0.224 e. The highest BCUT2D eigenvalue weighted by atomic mass is 16.3. The first-order valence-corrected chi connectivity index (χ1v) is 7.68. The second kappa shape index (κ2) is 7.32. The number of benzene rings is 1. The fraction of sp³-hybridized carbons (Fsp3) is 0.588. The number of carbonyl (C=O) groups is 1. The molecule has 1 amide bonds. The van der Waals surface area contributed by atoms with Gasteiger partial charge in [0.25, 0.3) is 0 Å². The quantitative estimate of drug-likeness (QED) is 0.866. The number of rotatable bonds is 5. The summed E-state index contributed by atoms with van der Waals surface area (Å²) in [6, 6.07) is 6.89. The molecule has 0 heterocycles. The second-order valence-electron chi connectivity index (χ2n) is 6.11. The molecule has 1 fully saturated rings. The molecule has 3 nitrogen and oxygen atoms in total. The van der Waals surface area contributed by atoms with Crippen molar-refractivity contribution in [3.8, 4) is 5.75 Å². The molecule has 0 unspecified atom stereocenters. The molecule has 0 aliphatic heterocycles. The van der Waals surface area contributed by atoms with E-state index in [0.29, 0.717) is 6.42 Å². The molecule has 0 spiro atoms. The highest BCUT2D eigenvalue weighted by molar-refractivity contribution is 5.78. The van der Waals surface area contributed by atoms with Gasteiger partial charge in [-0.05, 0) is 36.0 Å². The van der Waals surface area contributed by atoms with Gasteiger partial charge < -0.3 is 10.4 Å². The Morgan fingerprint density at radius 1 is 1.30 bits per heavy atom. The van der Waals surface area contributed by atoms with Crippen LogP contribution in [0.1, 0.15) is 44.6 Å². The standard InChI is InChI=1S/C17H25NO2/c1-13-5-7-14(8-6-13)9-10-18-17(20)12-15-3-2-4-16(19)11-15/h2-4,11,13-14,19H,5-10,12H2,1H3,(H,18,20). The molecule has 0 atom stereocenters. The van der Waals surface area contributed by atoms with E-state index >= 15 is 0 Å². The van der Waals surface area contributed by atoms with Gasteiger partial charge in [-0.1, -0.05) is 44.7 Å². The number of hydrogen-bond acceptors (Lipinski definition) is 2. The molecule has 2 rings (SSSR count). The van der Waals surface area contributed by atoms with Crippen molar-refractivity contribution in [2.24, 2.45) is 11.8 Å². The van der Waals surface area contributed by atoms with Gasteiger partial charge in [0, 0.05) is 6.54 Å². The third-order valence-electron chi connectivity index (χ3n) is 4.29. The minimum atomic E-state index is 0.0415. The fourth-order valence-electron chi connectivity index (χ4n) is 2.95. The van der Waals surface area contributed by atoms with Crippen LogP contribution in [0.4, 0.5) is 0 Å². The van der Waals surface area contributed by atoms with Crippen LogP contribution in [0.15, 0.2) is 24.3 Å². The normalized spacial score (nSPS) is 22.4. The van der Waals surface area contributed by atoms with Gasteiger partial charge in [-0.25, -0.2) is 0 Å². The lowest BCUT2D eigenvalue weighted by atomic mass is 9.81. The van der Waals surface area contributed by atoms with E-state index in [9.17, 15) is 9.90 Å². The average Bonchev–Trinajstić information content (AvgIpc) is 2.41. The minimum Gasteiger partial charge on any atom is -0.508 e. The third kappa shape index (κ3) is 4.87. The lowest BCUT2D eigenvalue weighted by Crippen LogP contribution is -2.28. The van der Waals surface area contributed by atoms with Gasteiger partial charge in [-0.2, -0.15) is 0 Å². The summed E-state index contributed by atoms with van der Waals surface area (Å²) in [5, 5.41) is 12.4. The van der Waals surface area contributed by atoms with E-state index < -0.39 is 0 Å². The van der Waals surface area contributed by atoms with Crippen molar-refractivity contribution in [1.29, 1.82) is 0 Å². The molecule has 1 saturated carbocycles. The van der Waals surface area contributed by atoms with E-state index in [-0.39, 0.29) is 11.7 Å². The zero-order valence-electron chi connectivity index (χ0n) is 12.3. The van der Waals surface area contributed by atoms with Crippen LogP contribution in [-0.2, 0) is 11.2 Å². The topological polar surface area (TPSA) is 49.3 Å². The Morgan fingerprint density at radius 2 is 2.05 bits per heavy atom. The van der Waals surface area contributed by atoms with E-state index in [1.54, 1.807) is 18.2 Å². The van der Waals surface area contributed by atoms with E-state index in [2.05, 4.69) is 12.2 Å². The van der Waals surface area contributed by atoms with Crippen LogP contribution in [0.3, 0.4) is 0 Å². The number of nitrogens with one attached hydrogen (secondary N) is 1. The predicted molar refractivity (Wildman–Crippen MR) is 80.6 cm³/mol. The Hall–Kier alpha value is -1.51. The van der Waals surface area contributed by atoms with Gasteiger partial charge in [0.1, 0.15) is 5.75 Å². The Balaban J connectivity index is 1.65. The van der Waals surface area contributed by atoms with Crippen LogP contribution < -0.4 is 5.32 Å². The first kappa shape index (κ1) is 14.9. The first-order chi connectivity index (χ1) is 9.63. The molecule has 1 aromatic rings. The molecule has 2 N–H and O–H groups in total. The van der Waals surface area contributed by atoms with Crippen LogP contribution in [0, 0.1) is 11.8 Å². The third-order valence-corrected chi connectivity index (χ3v) is 4.29. The summed E-state index contributed by atoms with van der Waals surface area (Å²) >= 11 is 0. The maximum Gasteiger partial charge on any atom is 0.224 e. The summed E-state index contributed by atoms with van der Waals surface area (Å²) in [7, 11) is 0. The van der Waals surface area contributed by atoms with Crippen molar-refractivity contribution in [3.63, 3.8) is 0 Å². The van der Waals surface area contributed by atoms with Crippen molar-refractivity contribution in [3.05, 3.63) is 29.8 Å². The molecule has 0 aromatic heterocycles. The maximum atomic E-state index is 11.8. The summed E-state index contributed by atoms with van der Waals surface area (Å²) in [6.45, 7) is 3.10. The minimum absolute atomic E-state index is 0.0415. The fourth-order valence-corrected chi connectivity index (χ4v) is 2.95. The Bertz CT molecular complexity index is 436. The Kier molecular flexibility index (Phi) is 5.45. The average molecular weight is 275 g/mol. The second-order valence-corrected chi connectivity index (χ2v) is 6.11. The summed E-state index contributed by atoms with van der Waals surface area (Å²) in [5.41, 5.74) is 0.856. The summed E-state index contributed by atoms with van der Waals surface area (Å²) in [4.78, 5) is 11.8. The predicted octanol–water partition coefficient (Wildman–Crippen LogP) is 3.27. The lowest BCUT2D eigenvalue weighted by molar-refractivity contribution is -0.120. The molecular formula is C17H25NO2. The highest BCUT2D eigenvalue weighted by Gasteiger charge is 2.17. The van der Waals surface area contributed by atoms with E-state index in [0.717, 1.165) is 30.4 Å². The van der Waals surface area contributed by atoms with Crippen molar-refractivity contribution < 1.29 is 9.90 Å². The van der Waals surface area contributed by atoms with Crippen LogP contribution in [-0.4, -0.2) is 17.6 Å². The largest absolute Gasteiger partial charge is 0.508 e. The van der Waals surface area contributed by atoms with E-state index in [1.165, 1.54) is 25.7 Å². The van der Waals surface area contributed by atoms with Gasteiger partial charge in [-0.15, -0.1) is 0 Å². The van der Waals surface area contributed by atoms with Crippen molar-refractivity contribution in [2.45, 2.75) is 45.4 Å². The van der Waals surface area contributed by atoms with Gasteiger partial charge in [-0.3, -0.25) is 4.79 Å². The lowest BCUT2D eigenvalue weighted by Gasteiger charge is -2.26. The molecule has 0 saturated heterocycles. The highest BCUT2D eigenvalue weighted by Crippen LogP contribution is 2.29. The van der Waals surface area contributed by atoms with Crippen LogP contribution in [0.25, 0.3) is 0 Å². The Labute approximate surface area is 121 Å². The summed E-state index contributed by atoms with van der Waals surface area (Å²) < 4.78 is 0. The molecule has 110 valence electrons. The first-order valence-electron chi connectivity index (χ1n) is 7.68. The number of phenolic OH excluding ortho intramolecular Hbond substituents is 1. The molecule has 0 radical (unpaired) electrons. The van der Waals surface area contributed by atoms with Crippen molar-refractivity contribution in [1.82, 2.24) is 5.32 Å². The molecule has 20 heavy (non-hydrogen) atoms. The van der Waals surface area contributed by atoms with Gasteiger partial charge >= 0.3 is 0 Å². The number of hydrogen-bond donors (Lipinski definition) is 2. The number of aromatic hydroxyl groups is 1. The number of amides is 1. The van der Waals surface area contributed by atoms with Crippen molar-refractivity contribution >= 4 is 5.91 Å². The zero-order chi connectivity index (χ0) is 14.4. The van der Waals surface area contributed by atoms with Crippen molar-refractivity contribution in [2.75, 3.05) is 6.54 Å². The summed E-state index contributed by atoms with van der Waals surface area (Å²) in [5.74, 6) is 1.92. The molecular weight excluding hydrogens is 250 g/mol. The SMILES string of the molecule is CC1CCC(CCNC(=O)Cc2cccc(O)c2)CC1.